The largest absolute Gasteiger partial charge is 1.00 e. The van der Waals surface area contributed by atoms with Gasteiger partial charge in [0.15, 0.2) is 11.6 Å². The average Bonchev–Trinajstić information content (AvgIpc) is 2.88. The Hall–Kier alpha value is -3.56. The van der Waals surface area contributed by atoms with E-state index in [-0.39, 0.29) is 63.3 Å². The monoisotopic (exact) mass is 587 g/mol. The molecule has 5 N–H and O–H groups in total. The molecule has 0 saturated carbocycles. The molecule has 0 spiro atoms. The molecule has 0 bridgehead atoms. The number of carbonyl (C=O) groups excluding carboxylic acids is 2. The molecule has 0 atom stereocenters. The van der Waals surface area contributed by atoms with E-state index in [1.807, 2.05) is 0 Å². The van der Waals surface area contributed by atoms with Gasteiger partial charge in [0.25, 0.3) is 10.1 Å². The summed E-state index contributed by atoms with van der Waals surface area (Å²) in [7, 11) is -9.97. The summed E-state index contributed by atoms with van der Waals surface area (Å²) in [4.78, 5) is 25.3. The van der Waals surface area contributed by atoms with E-state index in [9.17, 15) is 35.5 Å². The van der Waals surface area contributed by atoms with Crippen LogP contribution in [-0.4, -0.2) is 37.5 Å². The Morgan fingerprint density at radius 3 is 1.80 bits per heavy atom. The molecule has 0 saturated heterocycles. The Labute approximate surface area is 251 Å². The Morgan fingerprint density at radius 1 is 0.675 bits per heavy atom. The molecule has 0 amide bonds. The first-order valence-corrected chi connectivity index (χ1v) is 14.0. The summed E-state index contributed by atoms with van der Waals surface area (Å²) in [5.74, 6) is -1.42. The van der Waals surface area contributed by atoms with Crippen LogP contribution in [0, 0.1) is 0 Å². The SMILES string of the molecule is Nc1c(S(=O)(=O)[O-])cc(Nc2ccc(Nc3ccccc3)c(S(=O)(=O)O)c2)c2c1C(=O)c1ccccc1C2=O.[Na+]. The van der Waals surface area contributed by atoms with Crippen molar-refractivity contribution in [3.8, 4) is 0 Å². The van der Waals surface area contributed by atoms with E-state index in [1.54, 1.807) is 36.4 Å². The van der Waals surface area contributed by atoms with Crippen molar-refractivity contribution in [2.24, 2.45) is 0 Å². The van der Waals surface area contributed by atoms with Crippen molar-refractivity contribution in [2.75, 3.05) is 16.4 Å². The van der Waals surface area contributed by atoms with E-state index >= 15 is 0 Å². The molecular formula is C26H18N3NaO8S2. The zero-order valence-corrected chi connectivity index (χ0v) is 24.3. The van der Waals surface area contributed by atoms with Crippen LogP contribution in [0.2, 0.25) is 0 Å². The average molecular weight is 588 g/mol. The third-order valence-electron chi connectivity index (χ3n) is 6.06. The van der Waals surface area contributed by atoms with Crippen molar-refractivity contribution in [1.29, 1.82) is 0 Å². The normalized spacial score (nSPS) is 12.7. The van der Waals surface area contributed by atoms with Crippen LogP contribution in [0.3, 0.4) is 0 Å². The van der Waals surface area contributed by atoms with Gasteiger partial charge in [0.2, 0.25) is 0 Å². The molecule has 4 aromatic rings. The maximum atomic E-state index is 13.4. The molecule has 0 fully saturated rings. The smallest absolute Gasteiger partial charge is 0.744 e. The summed E-state index contributed by atoms with van der Waals surface area (Å²) >= 11 is 0. The number of hydrogen-bond acceptors (Lipinski definition) is 10. The second-order valence-electron chi connectivity index (χ2n) is 8.55. The van der Waals surface area contributed by atoms with Gasteiger partial charge in [-0.05, 0) is 36.4 Å². The number of fused-ring (bicyclic) bond motifs is 2. The van der Waals surface area contributed by atoms with Crippen LogP contribution >= 0.6 is 0 Å². The molecule has 1 aliphatic carbocycles. The number of carbonyl (C=O) groups is 2. The molecule has 14 heteroatoms. The van der Waals surface area contributed by atoms with Gasteiger partial charge in [-0.1, -0.05) is 42.5 Å². The van der Waals surface area contributed by atoms with Crippen LogP contribution in [0.5, 0.6) is 0 Å². The topological polar surface area (TPSA) is 196 Å². The molecule has 0 radical (unpaired) electrons. The molecule has 40 heavy (non-hydrogen) atoms. The fraction of sp³-hybridized carbons (Fsp3) is 0. The minimum absolute atomic E-state index is 0. The molecule has 0 unspecified atom stereocenters. The van der Waals surface area contributed by atoms with E-state index in [2.05, 4.69) is 10.6 Å². The van der Waals surface area contributed by atoms with Crippen molar-refractivity contribution in [2.45, 2.75) is 9.79 Å². The van der Waals surface area contributed by atoms with E-state index in [0.29, 0.717) is 5.69 Å². The minimum atomic E-state index is -5.20. The van der Waals surface area contributed by atoms with Crippen LogP contribution < -0.4 is 45.9 Å². The Morgan fingerprint density at radius 2 is 1.23 bits per heavy atom. The minimum Gasteiger partial charge on any atom is -0.744 e. The number of hydrogen-bond donors (Lipinski definition) is 4. The van der Waals surface area contributed by atoms with Gasteiger partial charge < -0.3 is 20.9 Å². The maximum Gasteiger partial charge on any atom is 1.00 e. The van der Waals surface area contributed by atoms with Crippen molar-refractivity contribution >= 4 is 60.2 Å². The molecule has 4 aromatic carbocycles. The summed E-state index contributed by atoms with van der Waals surface area (Å²) in [6.45, 7) is 0. The van der Waals surface area contributed by atoms with Crippen molar-refractivity contribution < 1.29 is 65.1 Å². The number of ketones is 2. The molecule has 1 aliphatic rings. The van der Waals surface area contributed by atoms with Gasteiger partial charge in [-0.3, -0.25) is 14.1 Å². The fourth-order valence-corrected chi connectivity index (χ4v) is 5.65. The second kappa shape index (κ2) is 10.8. The first kappa shape index (κ1) is 29.4. The van der Waals surface area contributed by atoms with Gasteiger partial charge in [0, 0.05) is 22.5 Å². The molecule has 0 aliphatic heterocycles. The Bertz CT molecular complexity index is 1910. The predicted molar refractivity (Wildman–Crippen MR) is 141 cm³/mol. The van der Waals surface area contributed by atoms with Crippen LogP contribution in [0.25, 0.3) is 0 Å². The van der Waals surface area contributed by atoms with Gasteiger partial charge in [0.1, 0.15) is 15.0 Å². The van der Waals surface area contributed by atoms with E-state index in [1.165, 1.54) is 30.3 Å². The number of nitrogens with one attached hydrogen (secondary N) is 2. The standard InChI is InChI=1S/C26H19N3O8S2.Na/c27-24-21(39(35,36)37)13-19(22-23(24)26(31)17-9-5-4-8-16(17)25(22)30)29-15-10-11-18(20(12-15)38(32,33)34)28-14-6-2-1-3-7-14;/h1-13,28-29H,27H2,(H,32,33,34)(H,35,36,37);/q;+1/p-1. The van der Waals surface area contributed by atoms with Crippen LogP contribution in [0.4, 0.5) is 28.4 Å². The van der Waals surface area contributed by atoms with Crippen LogP contribution in [0.1, 0.15) is 31.8 Å². The molecule has 0 heterocycles. The summed E-state index contributed by atoms with van der Waals surface area (Å²) in [6, 6.07) is 19.0. The van der Waals surface area contributed by atoms with Crippen LogP contribution in [0.15, 0.2) is 88.7 Å². The summed E-state index contributed by atoms with van der Waals surface area (Å²) in [6.07, 6.45) is 0. The van der Waals surface area contributed by atoms with Crippen molar-refractivity contribution in [3.63, 3.8) is 0 Å². The molecule has 5 rings (SSSR count). The second-order valence-corrected chi connectivity index (χ2v) is 11.3. The first-order valence-electron chi connectivity index (χ1n) is 11.2. The number of rotatable bonds is 6. The number of nitrogen functional groups attached to an aromatic ring is 1. The van der Waals surface area contributed by atoms with Gasteiger partial charge in [-0.15, -0.1) is 0 Å². The zero-order chi connectivity index (χ0) is 28.1. The van der Waals surface area contributed by atoms with E-state index in [0.717, 1.165) is 12.1 Å². The molecular weight excluding hydrogens is 569 g/mol. The van der Waals surface area contributed by atoms with E-state index < -0.39 is 52.8 Å². The first-order chi connectivity index (χ1) is 18.4. The zero-order valence-electron chi connectivity index (χ0n) is 20.7. The van der Waals surface area contributed by atoms with Gasteiger partial charge in [-0.25, -0.2) is 8.42 Å². The Balaban J connectivity index is 0.00000370. The predicted octanol–water partition coefficient (Wildman–Crippen LogP) is 0.686. The Kier molecular flexibility index (Phi) is 7.93. The third-order valence-corrected chi connectivity index (χ3v) is 7.83. The number of para-hydroxylation sites is 1. The summed E-state index contributed by atoms with van der Waals surface area (Å²) in [5, 5.41) is 5.60. The van der Waals surface area contributed by atoms with Crippen molar-refractivity contribution in [1.82, 2.24) is 0 Å². The van der Waals surface area contributed by atoms with Crippen LogP contribution in [-0.2, 0) is 20.2 Å². The number of nitrogens with two attached hydrogens (primary N) is 1. The molecule has 0 aromatic heterocycles. The third kappa shape index (κ3) is 5.40. The van der Waals surface area contributed by atoms with Gasteiger partial charge in [0.05, 0.1) is 33.1 Å². The van der Waals surface area contributed by atoms with Gasteiger partial charge in [-0.2, -0.15) is 8.42 Å². The quantitative estimate of drug-likeness (QED) is 0.124. The van der Waals surface area contributed by atoms with E-state index in [4.69, 9.17) is 5.73 Å². The summed E-state index contributed by atoms with van der Waals surface area (Å²) in [5.41, 5.74) is 4.81. The van der Waals surface area contributed by atoms with Gasteiger partial charge >= 0.3 is 29.6 Å². The fourth-order valence-electron chi connectivity index (χ4n) is 4.35. The maximum absolute atomic E-state index is 13.4. The number of anilines is 5. The number of benzene rings is 4. The molecule has 198 valence electrons. The van der Waals surface area contributed by atoms with Crippen molar-refractivity contribution in [3.05, 3.63) is 101 Å². The molecule has 11 nitrogen and oxygen atoms in total. The summed E-state index contributed by atoms with van der Waals surface area (Å²) < 4.78 is 70.3.